The number of rotatable bonds is 7. The molecule has 0 radical (unpaired) electrons. The van der Waals surface area contributed by atoms with Gasteiger partial charge in [-0.15, -0.1) is 6.58 Å². The topological polar surface area (TPSA) is 35.1 Å². The summed E-state index contributed by atoms with van der Waals surface area (Å²) in [6.45, 7) is 13.4. The van der Waals surface area contributed by atoms with Crippen molar-refractivity contribution < 1.29 is 0 Å². The molecule has 0 N–H and O–H groups in total. The van der Waals surface area contributed by atoms with Crippen molar-refractivity contribution in [3.8, 4) is 11.4 Å². The van der Waals surface area contributed by atoms with Crippen LogP contribution >= 0.6 is 0 Å². The number of pyridine rings is 1. The summed E-state index contributed by atoms with van der Waals surface area (Å²) in [6, 6.07) is 28.8. The molecule has 4 heterocycles. The number of aromatic nitrogens is 3. The van der Waals surface area contributed by atoms with Gasteiger partial charge in [-0.25, -0.2) is 0 Å². The van der Waals surface area contributed by atoms with Gasteiger partial charge in [-0.3, -0.25) is 9.98 Å². The Hall–Kier alpha value is -4.44. The Kier molecular flexibility index (Phi) is 6.57. The lowest BCUT2D eigenvalue weighted by Gasteiger charge is -2.24. The molecule has 0 aliphatic carbocycles. The summed E-state index contributed by atoms with van der Waals surface area (Å²) in [5, 5.41) is 2.39. The fourth-order valence-corrected chi connectivity index (χ4v) is 6.91. The van der Waals surface area contributed by atoms with E-state index in [1.54, 1.807) is 0 Å². The molecule has 6 aromatic rings. The Morgan fingerprint density at radius 3 is 2.29 bits per heavy atom. The molecule has 2 atom stereocenters. The zero-order chi connectivity index (χ0) is 29.0. The Balaban J connectivity index is 1.53. The van der Waals surface area contributed by atoms with Gasteiger partial charge in [0.2, 0.25) is 0 Å². The van der Waals surface area contributed by atoms with E-state index in [0.717, 1.165) is 41.7 Å². The minimum Gasteiger partial charge on any atom is -0.311 e. The summed E-state index contributed by atoms with van der Waals surface area (Å²) >= 11 is 0. The van der Waals surface area contributed by atoms with Crippen molar-refractivity contribution in [2.45, 2.75) is 52.9 Å². The summed E-state index contributed by atoms with van der Waals surface area (Å²) < 4.78 is 4.88. The second-order valence-electron chi connectivity index (χ2n) is 12.5. The molecule has 4 heteroatoms. The smallest absolute Gasteiger partial charge is 0.0963 e. The van der Waals surface area contributed by atoms with Crippen LogP contribution in [0.4, 0.5) is 5.69 Å². The molecule has 4 nitrogen and oxygen atoms in total. The van der Waals surface area contributed by atoms with Crippen molar-refractivity contribution in [3.63, 3.8) is 0 Å². The highest BCUT2D eigenvalue weighted by Gasteiger charge is 2.25. The second kappa shape index (κ2) is 10.4. The van der Waals surface area contributed by atoms with Gasteiger partial charge in [0.1, 0.15) is 0 Å². The van der Waals surface area contributed by atoms with Crippen LogP contribution in [0, 0.1) is 11.8 Å². The van der Waals surface area contributed by atoms with Crippen LogP contribution in [0.3, 0.4) is 0 Å². The van der Waals surface area contributed by atoms with Gasteiger partial charge in [-0.05, 0) is 86.1 Å². The van der Waals surface area contributed by atoms with E-state index in [1.807, 2.05) is 12.3 Å². The molecular formula is C38H38N4. The SMILES string of the molecule is C=C(C)CC(Cc1cc(-n2c3c(c4ccccc42)N=CCC3C)cc(-n2c3ccccc3c3ncccc32)c1)C(C)C. The standard InChI is InChI=1S/C38H38N4/c1-24(2)19-28(25(3)4)20-27-21-29(41-33-13-8-6-11-31(33)36-35(41)15-10-17-39-36)23-30(22-27)42-34-14-9-7-12-32(34)37-38(42)26(5)16-18-40-37/h6-15,17-18,21-23,25-26,28H,1,16,19-20H2,2-5H3. The van der Waals surface area contributed by atoms with E-state index in [1.165, 1.54) is 44.3 Å². The molecule has 3 aromatic carbocycles. The lowest BCUT2D eigenvalue weighted by Crippen LogP contribution is -2.14. The van der Waals surface area contributed by atoms with Gasteiger partial charge >= 0.3 is 0 Å². The Morgan fingerprint density at radius 1 is 0.881 bits per heavy atom. The highest BCUT2D eigenvalue weighted by Crippen LogP contribution is 2.43. The number of hydrogen-bond acceptors (Lipinski definition) is 2. The monoisotopic (exact) mass is 550 g/mol. The fourth-order valence-electron chi connectivity index (χ4n) is 6.91. The van der Waals surface area contributed by atoms with E-state index in [4.69, 9.17) is 9.98 Å². The molecule has 42 heavy (non-hydrogen) atoms. The molecule has 0 saturated heterocycles. The summed E-state index contributed by atoms with van der Waals surface area (Å²) in [7, 11) is 0. The van der Waals surface area contributed by atoms with E-state index in [2.05, 4.69) is 122 Å². The van der Waals surface area contributed by atoms with Crippen molar-refractivity contribution in [2.75, 3.05) is 0 Å². The Labute approximate surface area is 248 Å². The first-order valence-electron chi connectivity index (χ1n) is 15.2. The zero-order valence-electron chi connectivity index (χ0n) is 25.0. The number of hydrogen-bond donors (Lipinski definition) is 0. The predicted octanol–water partition coefficient (Wildman–Crippen LogP) is 10.1. The maximum atomic E-state index is 4.93. The Bertz CT molecular complexity index is 1950. The van der Waals surface area contributed by atoms with Gasteiger partial charge in [0.05, 0.1) is 33.4 Å². The van der Waals surface area contributed by atoms with E-state index in [0.29, 0.717) is 17.8 Å². The molecule has 3 aromatic heterocycles. The third-order valence-corrected chi connectivity index (χ3v) is 8.99. The van der Waals surface area contributed by atoms with Crippen LogP contribution < -0.4 is 0 Å². The van der Waals surface area contributed by atoms with E-state index < -0.39 is 0 Å². The minimum atomic E-state index is 0.376. The van der Waals surface area contributed by atoms with Gasteiger partial charge in [0, 0.05) is 40.5 Å². The van der Waals surface area contributed by atoms with E-state index >= 15 is 0 Å². The summed E-state index contributed by atoms with van der Waals surface area (Å²) in [5.74, 6) is 1.45. The largest absolute Gasteiger partial charge is 0.311 e. The van der Waals surface area contributed by atoms with Crippen LogP contribution in [0.15, 0.2) is 102 Å². The normalized spacial score (nSPS) is 15.6. The third-order valence-electron chi connectivity index (χ3n) is 8.99. The number of fused-ring (bicyclic) bond motifs is 6. The average Bonchev–Trinajstić information content (AvgIpc) is 3.51. The van der Waals surface area contributed by atoms with Crippen molar-refractivity contribution in [3.05, 3.63) is 108 Å². The average molecular weight is 551 g/mol. The van der Waals surface area contributed by atoms with Crippen LogP contribution in [0.1, 0.15) is 57.7 Å². The van der Waals surface area contributed by atoms with Gasteiger partial charge in [0.15, 0.2) is 0 Å². The first-order chi connectivity index (χ1) is 20.4. The molecule has 210 valence electrons. The molecule has 2 unspecified atom stereocenters. The molecular weight excluding hydrogens is 512 g/mol. The van der Waals surface area contributed by atoms with Crippen LogP contribution in [0.5, 0.6) is 0 Å². The van der Waals surface area contributed by atoms with Crippen molar-refractivity contribution in [1.82, 2.24) is 14.1 Å². The number of allylic oxidation sites excluding steroid dienone is 1. The highest BCUT2D eigenvalue weighted by molar-refractivity contribution is 6.07. The molecule has 7 rings (SSSR count). The quantitative estimate of drug-likeness (QED) is 0.182. The lowest BCUT2D eigenvalue weighted by atomic mass is 9.84. The highest BCUT2D eigenvalue weighted by atomic mass is 15.0. The number of nitrogens with zero attached hydrogens (tertiary/aromatic N) is 4. The van der Waals surface area contributed by atoms with E-state index in [9.17, 15) is 0 Å². The maximum absolute atomic E-state index is 4.93. The summed E-state index contributed by atoms with van der Waals surface area (Å²) in [4.78, 5) is 9.74. The van der Waals surface area contributed by atoms with Gasteiger partial charge in [-0.2, -0.15) is 0 Å². The Morgan fingerprint density at radius 2 is 1.55 bits per heavy atom. The van der Waals surface area contributed by atoms with Crippen LogP contribution in [-0.4, -0.2) is 20.3 Å². The summed E-state index contributed by atoms with van der Waals surface area (Å²) in [6.07, 6.45) is 6.95. The maximum Gasteiger partial charge on any atom is 0.0963 e. The van der Waals surface area contributed by atoms with Crippen molar-refractivity contribution in [2.24, 2.45) is 16.8 Å². The van der Waals surface area contributed by atoms with Crippen LogP contribution in [0.25, 0.3) is 44.2 Å². The summed E-state index contributed by atoms with van der Waals surface area (Å²) in [5.41, 5.74) is 11.9. The fraction of sp³-hybridized carbons (Fsp3) is 0.263. The number of para-hydroxylation sites is 2. The minimum absolute atomic E-state index is 0.376. The van der Waals surface area contributed by atoms with Crippen LogP contribution in [0.2, 0.25) is 0 Å². The first-order valence-corrected chi connectivity index (χ1v) is 15.2. The molecule has 0 amide bonds. The van der Waals surface area contributed by atoms with Gasteiger partial charge in [0.25, 0.3) is 0 Å². The molecule has 0 bridgehead atoms. The predicted molar refractivity (Wildman–Crippen MR) is 178 cm³/mol. The van der Waals surface area contributed by atoms with E-state index in [-0.39, 0.29) is 0 Å². The second-order valence-corrected chi connectivity index (χ2v) is 12.5. The van der Waals surface area contributed by atoms with Gasteiger partial charge < -0.3 is 9.13 Å². The molecule has 1 aliphatic heterocycles. The van der Waals surface area contributed by atoms with Gasteiger partial charge in [-0.1, -0.05) is 62.7 Å². The lowest BCUT2D eigenvalue weighted by molar-refractivity contribution is 0.379. The first kappa shape index (κ1) is 26.5. The molecule has 0 saturated carbocycles. The van der Waals surface area contributed by atoms with Crippen molar-refractivity contribution in [1.29, 1.82) is 0 Å². The molecule has 1 aliphatic rings. The number of benzene rings is 3. The zero-order valence-corrected chi connectivity index (χ0v) is 25.0. The molecule has 0 fully saturated rings. The van der Waals surface area contributed by atoms with Crippen LogP contribution in [-0.2, 0) is 6.42 Å². The van der Waals surface area contributed by atoms with Crippen molar-refractivity contribution >= 4 is 44.7 Å². The third kappa shape index (κ3) is 4.37. The number of aliphatic imine (C=N–C) groups is 1. The molecule has 0 spiro atoms.